The standard InChI is InChI=1S/C29H28N2O6/c1-20-16-27(31-37-20)26-17-25(14-10-22(26)11-15-29(32)33)35-18-21-8-12-24(13-9-21)36-19-28(30-34-2)23-6-4-3-5-7-23/h3-10,12-14,16-17H,11,15,18-19H2,1-2H3,(H,32,33)/b30-28+. The van der Waals surface area contributed by atoms with Crippen molar-refractivity contribution < 1.29 is 28.7 Å². The maximum absolute atomic E-state index is 11.1. The molecule has 0 spiro atoms. The number of carbonyl (C=O) groups is 1. The Labute approximate surface area is 215 Å². The van der Waals surface area contributed by atoms with Crippen LogP contribution < -0.4 is 9.47 Å². The fraction of sp³-hybridized carbons (Fsp3) is 0.207. The number of hydrogen-bond acceptors (Lipinski definition) is 7. The van der Waals surface area contributed by atoms with Gasteiger partial charge >= 0.3 is 5.97 Å². The SMILES string of the molecule is CO/N=C(\COc1ccc(COc2ccc(CCC(=O)O)c(-c3cc(C)on3)c2)cc1)c1ccccc1. The van der Waals surface area contributed by atoms with Gasteiger partial charge in [0.2, 0.25) is 0 Å². The second kappa shape index (κ2) is 12.4. The van der Waals surface area contributed by atoms with Crippen LogP contribution in [0.15, 0.2) is 88.5 Å². The van der Waals surface area contributed by atoms with Crippen LogP contribution in [0.25, 0.3) is 11.3 Å². The van der Waals surface area contributed by atoms with E-state index in [9.17, 15) is 4.79 Å². The number of ether oxygens (including phenoxy) is 2. The first-order valence-corrected chi connectivity index (χ1v) is 11.8. The molecular weight excluding hydrogens is 472 g/mol. The molecule has 1 heterocycles. The highest BCUT2D eigenvalue weighted by molar-refractivity contribution is 6.01. The summed E-state index contributed by atoms with van der Waals surface area (Å²) in [6, 6.07) is 24.8. The average molecular weight is 501 g/mol. The van der Waals surface area contributed by atoms with Gasteiger partial charge in [-0.1, -0.05) is 58.8 Å². The van der Waals surface area contributed by atoms with E-state index in [1.54, 1.807) is 0 Å². The summed E-state index contributed by atoms with van der Waals surface area (Å²) in [5.41, 5.74) is 4.92. The second-order valence-electron chi connectivity index (χ2n) is 8.34. The fourth-order valence-corrected chi connectivity index (χ4v) is 3.74. The molecule has 4 aromatic rings. The minimum atomic E-state index is -0.850. The van der Waals surface area contributed by atoms with E-state index in [0.717, 1.165) is 22.3 Å². The van der Waals surface area contributed by atoms with E-state index >= 15 is 0 Å². The number of nitrogens with zero attached hydrogens (tertiary/aromatic N) is 2. The van der Waals surface area contributed by atoms with Crippen LogP contribution in [0.4, 0.5) is 0 Å². The number of hydrogen-bond donors (Lipinski definition) is 1. The van der Waals surface area contributed by atoms with Crippen LogP contribution in [-0.2, 0) is 22.7 Å². The van der Waals surface area contributed by atoms with Gasteiger partial charge in [-0.25, -0.2) is 0 Å². The fourth-order valence-electron chi connectivity index (χ4n) is 3.74. The van der Waals surface area contributed by atoms with Crippen molar-refractivity contribution in [2.45, 2.75) is 26.4 Å². The molecule has 0 bridgehead atoms. The van der Waals surface area contributed by atoms with Crippen LogP contribution >= 0.6 is 0 Å². The number of aromatic nitrogens is 1. The third-order valence-corrected chi connectivity index (χ3v) is 5.61. The Morgan fingerprint density at radius 1 is 0.973 bits per heavy atom. The molecule has 3 aromatic carbocycles. The minimum Gasteiger partial charge on any atom is -0.489 e. The van der Waals surface area contributed by atoms with Gasteiger partial charge in [-0.05, 0) is 48.7 Å². The molecule has 8 heteroatoms. The van der Waals surface area contributed by atoms with E-state index < -0.39 is 5.97 Å². The van der Waals surface area contributed by atoms with Crippen molar-refractivity contribution >= 4 is 11.7 Å². The van der Waals surface area contributed by atoms with Crippen molar-refractivity contribution in [2.75, 3.05) is 13.7 Å². The van der Waals surface area contributed by atoms with Crippen molar-refractivity contribution in [2.24, 2.45) is 5.16 Å². The van der Waals surface area contributed by atoms with E-state index in [-0.39, 0.29) is 13.0 Å². The molecule has 8 nitrogen and oxygen atoms in total. The van der Waals surface area contributed by atoms with Gasteiger partial charge in [0, 0.05) is 23.6 Å². The summed E-state index contributed by atoms with van der Waals surface area (Å²) >= 11 is 0. The van der Waals surface area contributed by atoms with E-state index in [1.165, 1.54) is 7.11 Å². The van der Waals surface area contributed by atoms with Crippen molar-refractivity contribution in [3.63, 3.8) is 0 Å². The summed E-state index contributed by atoms with van der Waals surface area (Å²) < 4.78 is 17.1. The van der Waals surface area contributed by atoms with E-state index in [1.807, 2.05) is 85.8 Å². The van der Waals surface area contributed by atoms with Gasteiger partial charge in [-0.2, -0.15) is 0 Å². The van der Waals surface area contributed by atoms with E-state index in [0.29, 0.717) is 41.7 Å². The highest BCUT2D eigenvalue weighted by atomic mass is 16.6. The number of aryl methyl sites for hydroxylation is 2. The Bertz CT molecular complexity index is 1350. The van der Waals surface area contributed by atoms with Crippen molar-refractivity contribution in [3.05, 3.63) is 101 Å². The van der Waals surface area contributed by atoms with E-state index in [2.05, 4.69) is 10.3 Å². The zero-order chi connectivity index (χ0) is 26.0. The lowest BCUT2D eigenvalue weighted by molar-refractivity contribution is -0.136. The van der Waals surface area contributed by atoms with Gasteiger partial charge in [0.15, 0.2) is 0 Å². The largest absolute Gasteiger partial charge is 0.489 e. The first-order chi connectivity index (χ1) is 18.0. The Morgan fingerprint density at radius 2 is 1.73 bits per heavy atom. The molecule has 1 aromatic heterocycles. The number of carboxylic acids is 1. The summed E-state index contributed by atoms with van der Waals surface area (Å²) in [6.07, 6.45) is 0.419. The van der Waals surface area contributed by atoms with E-state index in [4.69, 9.17) is 23.9 Å². The lowest BCUT2D eigenvalue weighted by Crippen LogP contribution is -2.13. The van der Waals surface area contributed by atoms with Gasteiger partial charge in [-0.15, -0.1) is 0 Å². The van der Waals surface area contributed by atoms with Gasteiger partial charge in [0.05, 0.1) is 0 Å². The molecule has 0 saturated carbocycles. The lowest BCUT2D eigenvalue weighted by Gasteiger charge is -2.12. The summed E-state index contributed by atoms with van der Waals surface area (Å²) in [5.74, 6) is 1.18. The molecule has 1 N–H and O–H groups in total. The molecule has 37 heavy (non-hydrogen) atoms. The molecule has 0 atom stereocenters. The number of aliphatic carboxylic acids is 1. The normalized spacial score (nSPS) is 11.2. The predicted molar refractivity (Wildman–Crippen MR) is 139 cm³/mol. The maximum atomic E-state index is 11.1. The van der Waals surface area contributed by atoms with Crippen LogP contribution in [0.1, 0.15) is 28.9 Å². The predicted octanol–water partition coefficient (Wildman–Crippen LogP) is 5.68. The second-order valence-corrected chi connectivity index (χ2v) is 8.34. The van der Waals surface area contributed by atoms with Crippen LogP contribution in [0, 0.1) is 6.92 Å². The Balaban J connectivity index is 1.39. The van der Waals surface area contributed by atoms with Crippen LogP contribution in [0.5, 0.6) is 11.5 Å². The average Bonchev–Trinajstić information content (AvgIpc) is 3.36. The van der Waals surface area contributed by atoms with Crippen LogP contribution in [-0.4, -0.2) is 35.7 Å². The Morgan fingerprint density at radius 3 is 2.41 bits per heavy atom. The molecule has 4 rings (SSSR count). The van der Waals surface area contributed by atoms with Crippen LogP contribution in [0.2, 0.25) is 0 Å². The Kier molecular flexibility index (Phi) is 8.54. The smallest absolute Gasteiger partial charge is 0.303 e. The first kappa shape index (κ1) is 25.5. The highest BCUT2D eigenvalue weighted by Gasteiger charge is 2.13. The Hall–Kier alpha value is -4.59. The van der Waals surface area contributed by atoms with Gasteiger partial charge in [-0.3, -0.25) is 4.79 Å². The molecule has 0 unspecified atom stereocenters. The molecule has 0 amide bonds. The number of benzene rings is 3. The minimum absolute atomic E-state index is 0.0304. The first-order valence-electron chi connectivity index (χ1n) is 11.8. The number of rotatable bonds is 12. The van der Waals surface area contributed by atoms with Crippen molar-refractivity contribution in [3.8, 4) is 22.8 Å². The molecule has 0 fully saturated rings. The van der Waals surface area contributed by atoms with Crippen molar-refractivity contribution in [1.82, 2.24) is 5.16 Å². The van der Waals surface area contributed by atoms with Gasteiger partial charge in [0.25, 0.3) is 0 Å². The topological polar surface area (TPSA) is 103 Å². The third-order valence-electron chi connectivity index (χ3n) is 5.61. The monoisotopic (exact) mass is 500 g/mol. The molecule has 0 aliphatic carbocycles. The quantitative estimate of drug-likeness (QED) is 0.197. The maximum Gasteiger partial charge on any atom is 0.303 e. The van der Waals surface area contributed by atoms with Crippen molar-refractivity contribution in [1.29, 1.82) is 0 Å². The zero-order valence-electron chi connectivity index (χ0n) is 20.7. The highest BCUT2D eigenvalue weighted by Crippen LogP contribution is 2.29. The molecule has 0 aliphatic rings. The summed E-state index contributed by atoms with van der Waals surface area (Å²) in [4.78, 5) is 16.0. The van der Waals surface area contributed by atoms with Gasteiger partial charge in [0.1, 0.15) is 49.0 Å². The molecule has 0 radical (unpaired) electrons. The molecular formula is C29H28N2O6. The number of carboxylic acid groups (broad SMARTS) is 1. The molecule has 190 valence electrons. The molecule has 0 aliphatic heterocycles. The van der Waals surface area contributed by atoms with Crippen LogP contribution in [0.3, 0.4) is 0 Å². The molecule has 0 saturated heterocycles. The lowest BCUT2D eigenvalue weighted by atomic mass is 10.00. The summed E-state index contributed by atoms with van der Waals surface area (Å²) in [7, 11) is 1.51. The number of oxime groups is 1. The summed E-state index contributed by atoms with van der Waals surface area (Å²) in [6.45, 7) is 2.44. The van der Waals surface area contributed by atoms with Gasteiger partial charge < -0.3 is 23.9 Å². The zero-order valence-corrected chi connectivity index (χ0v) is 20.7. The summed E-state index contributed by atoms with van der Waals surface area (Å²) in [5, 5.41) is 17.3. The third kappa shape index (κ3) is 7.20.